The van der Waals surface area contributed by atoms with Crippen molar-refractivity contribution in [2.45, 2.75) is 13.5 Å². The van der Waals surface area contributed by atoms with E-state index in [9.17, 15) is 0 Å². The van der Waals surface area contributed by atoms with Crippen molar-refractivity contribution < 1.29 is 4.52 Å². The molecule has 0 saturated carbocycles. The van der Waals surface area contributed by atoms with Crippen molar-refractivity contribution in [3.63, 3.8) is 0 Å². The third-order valence-electron chi connectivity index (χ3n) is 3.43. The van der Waals surface area contributed by atoms with E-state index >= 15 is 0 Å². The van der Waals surface area contributed by atoms with E-state index in [4.69, 9.17) is 4.52 Å². The van der Waals surface area contributed by atoms with Gasteiger partial charge in [-0.25, -0.2) is 9.97 Å². The van der Waals surface area contributed by atoms with E-state index in [1.54, 1.807) is 6.20 Å². The molecule has 3 aromatic rings. The molecule has 1 N–H and O–H groups in total. The van der Waals surface area contributed by atoms with Gasteiger partial charge in [-0.05, 0) is 25.1 Å². The SMILES string of the molecule is Cc1cc(CNc2nccc(-c3ccc(N(C)C)cc3)n2)on1. The highest BCUT2D eigenvalue weighted by molar-refractivity contribution is 5.63. The fourth-order valence-electron chi connectivity index (χ4n) is 2.20. The molecule has 0 saturated heterocycles. The van der Waals surface area contributed by atoms with Crippen LogP contribution < -0.4 is 10.2 Å². The van der Waals surface area contributed by atoms with Gasteiger partial charge in [-0.2, -0.15) is 0 Å². The number of hydrogen-bond donors (Lipinski definition) is 1. The molecular weight excluding hydrogens is 290 g/mol. The fourth-order valence-corrected chi connectivity index (χ4v) is 2.20. The maximum atomic E-state index is 5.16. The molecule has 0 bridgehead atoms. The van der Waals surface area contributed by atoms with Crippen molar-refractivity contribution in [2.24, 2.45) is 0 Å². The third-order valence-corrected chi connectivity index (χ3v) is 3.43. The molecule has 0 atom stereocenters. The molecule has 0 unspecified atom stereocenters. The van der Waals surface area contributed by atoms with E-state index < -0.39 is 0 Å². The molecule has 1 aromatic carbocycles. The van der Waals surface area contributed by atoms with Crippen LogP contribution >= 0.6 is 0 Å². The Labute approximate surface area is 135 Å². The van der Waals surface area contributed by atoms with E-state index in [-0.39, 0.29) is 0 Å². The van der Waals surface area contributed by atoms with Crippen LogP contribution in [0.15, 0.2) is 47.1 Å². The van der Waals surface area contributed by atoms with Crippen molar-refractivity contribution in [3.05, 3.63) is 54.0 Å². The van der Waals surface area contributed by atoms with E-state index in [0.29, 0.717) is 12.5 Å². The summed E-state index contributed by atoms with van der Waals surface area (Å²) in [5.41, 5.74) is 3.94. The highest BCUT2D eigenvalue weighted by Gasteiger charge is 2.05. The van der Waals surface area contributed by atoms with Crippen LogP contribution in [0.3, 0.4) is 0 Å². The lowest BCUT2D eigenvalue weighted by atomic mass is 10.1. The van der Waals surface area contributed by atoms with Crippen molar-refractivity contribution in [1.29, 1.82) is 0 Å². The van der Waals surface area contributed by atoms with Crippen LogP contribution in [0.25, 0.3) is 11.3 Å². The zero-order chi connectivity index (χ0) is 16.2. The topological polar surface area (TPSA) is 67.1 Å². The Kier molecular flexibility index (Phi) is 4.23. The number of aromatic nitrogens is 3. The quantitative estimate of drug-likeness (QED) is 0.781. The minimum atomic E-state index is 0.504. The third kappa shape index (κ3) is 3.66. The fraction of sp³-hybridized carbons (Fsp3) is 0.235. The second-order valence-electron chi connectivity index (χ2n) is 5.49. The zero-order valence-electron chi connectivity index (χ0n) is 13.4. The average Bonchev–Trinajstić information content (AvgIpc) is 2.99. The lowest BCUT2D eigenvalue weighted by Crippen LogP contribution is -2.08. The first-order chi connectivity index (χ1) is 11.1. The summed E-state index contributed by atoms with van der Waals surface area (Å²) >= 11 is 0. The predicted octanol–water partition coefficient (Wildman–Crippen LogP) is 3.12. The van der Waals surface area contributed by atoms with Crippen LogP contribution in [0.4, 0.5) is 11.6 Å². The first-order valence-corrected chi connectivity index (χ1v) is 7.39. The summed E-state index contributed by atoms with van der Waals surface area (Å²) in [6, 6.07) is 12.0. The molecule has 6 heteroatoms. The Morgan fingerprint density at radius 1 is 1.13 bits per heavy atom. The van der Waals surface area contributed by atoms with Gasteiger partial charge in [-0.15, -0.1) is 0 Å². The molecule has 6 nitrogen and oxygen atoms in total. The van der Waals surface area contributed by atoms with Crippen molar-refractivity contribution in [3.8, 4) is 11.3 Å². The largest absolute Gasteiger partial charge is 0.378 e. The minimum absolute atomic E-state index is 0.504. The monoisotopic (exact) mass is 309 g/mol. The summed E-state index contributed by atoms with van der Waals surface area (Å²) in [7, 11) is 4.04. The number of aryl methyl sites for hydroxylation is 1. The molecule has 0 spiro atoms. The van der Waals surface area contributed by atoms with E-state index in [0.717, 1.165) is 28.4 Å². The number of nitrogens with one attached hydrogen (secondary N) is 1. The summed E-state index contributed by atoms with van der Waals surface area (Å²) in [6.07, 6.45) is 1.75. The molecule has 0 radical (unpaired) electrons. The van der Waals surface area contributed by atoms with Crippen LogP contribution in [0.1, 0.15) is 11.5 Å². The van der Waals surface area contributed by atoms with Gasteiger partial charge in [0.2, 0.25) is 5.95 Å². The van der Waals surface area contributed by atoms with Crippen LogP contribution in [0.2, 0.25) is 0 Å². The summed E-state index contributed by atoms with van der Waals surface area (Å²) in [5.74, 6) is 1.32. The van der Waals surface area contributed by atoms with Crippen LogP contribution in [0, 0.1) is 6.92 Å². The standard InChI is InChI=1S/C17H19N5O/c1-12-10-15(23-21-12)11-19-17-18-9-8-16(20-17)13-4-6-14(7-5-13)22(2)3/h4-10H,11H2,1-3H3,(H,18,19,20). The van der Waals surface area contributed by atoms with Gasteiger partial charge >= 0.3 is 0 Å². The zero-order valence-corrected chi connectivity index (χ0v) is 13.4. The summed E-state index contributed by atoms with van der Waals surface area (Å²) in [6.45, 7) is 2.39. The van der Waals surface area contributed by atoms with E-state index in [2.05, 4.69) is 49.6 Å². The number of nitrogens with zero attached hydrogens (tertiary/aromatic N) is 4. The Morgan fingerprint density at radius 2 is 1.91 bits per heavy atom. The second-order valence-corrected chi connectivity index (χ2v) is 5.49. The van der Waals surface area contributed by atoms with Gasteiger partial charge < -0.3 is 14.7 Å². The van der Waals surface area contributed by atoms with Crippen LogP contribution in [-0.2, 0) is 6.54 Å². The second kappa shape index (κ2) is 6.48. The lowest BCUT2D eigenvalue weighted by Gasteiger charge is -2.12. The molecule has 0 aliphatic carbocycles. The average molecular weight is 309 g/mol. The minimum Gasteiger partial charge on any atom is -0.378 e. The summed E-state index contributed by atoms with van der Waals surface area (Å²) < 4.78 is 5.16. The summed E-state index contributed by atoms with van der Waals surface area (Å²) in [5, 5.41) is 7.01. The van der Waals surface area contributed by atoms with Gasteiger partial charge in [0.15, 0.2) is 5.76 Å². The Morgan fingerprint density at radius 3 is 2.57 bits per heavy atom. The molecular formula is C17H19N5O. The molecule has 23 heavy (non-hydrogen) atoms. The number of anilines is 2. The molecule has 2 heterocycles. The molecule has 0 amide bonds. The maximum Gasteiger partial charge on any atom is 0.223 e. The number of rotatable bonds is 5. The van der Waals surface area contributed by atoms with Crippen LogP contribution in [0.5, 0.6) is 0 Å². The highest BCUT2D eigenvalue weighted by atomic mass is 16.5. The van der Waals surface area contributed by atoms with E-state index in [1.807, 2.05) is 33.2 Å². The highest BCUT2D eigenvalue weighted by Crippen LogP contribution is 2.21. The Hall–Kier alpha value is -2.89. The van der Waals surface area contributed by atoms with Crippen molar-refractivity contribution >= 4 is 11.6 Å². The van der Waals surface area contributed by atoms with Crippen molar-refractivity contribution in [1.82, 2.24) is 15.1 Å². The Balaban J connectivity index is 1.74. The van der Waals surface area contributed by atoms with Gasteiger partial charge in [0.1, 0.15) is 0 Å². The van der Waals surface area contributed by atoms with Gasteiger partial charge in [0.25, 0.3) is 0 Å². The van der Waals surface area contributed by atoms with Gasteiger partial charge in [0, 0.05) is 37.6 Å². The molecule has 118 valence electrons. The normalized spacial score (nSPS) is 10.6. The smallest absolute Gasteiger partial charge is 0.223 e. The lowest BCUT2D eigenvalue weighted by molar-refractivity contribution is 0.384. The van der Waals surface area contributed by atoms with E-state index in [1.165, 1.54) is 0 Å². The first-order valence-electron chi connectivity index (χ1n) is 7.39. The van der Waals surface area contributed by atoms with Crippen LogP contribution in [-0.4, -0.2) is 29.2 Å². The van der Waals surface area contributed by atoms with Gasteiger partial charge in [0.05, 0.1) is 17.9 Å². The summed E-state index contributed by atoms with van der Waals surface area (Å²) in [4.78, 5) is 10.8. The molecule has 0 aliphatic rings. The number of benzene rings is 1. The maximum absolute atomic E-state index is 5.16. The first kappa shape index (κ1) is 15.0. The Bertz CT molecular complexity index is 780. The predicted molar refractivity (Wildman–Crippen MR) is 90.4 cm³/mol. The van der Waals surface area contributed by atoms with Crippen molar-refractivity contribution in [2.75, 3.05) is 24.3 Å². The van der Waals surface area contributed by atoms with Gasteiger partial charge in [-0.3, -0.25) is 0 Å². The van der Waals surface area contributed by atoms with Gasteiger partial charge in [-0.1, -0.05) is 17.3 Å². The number of hydrogen-bond acceptors (Lipinski definition) is 6. The molecule has 0 aliphatic heterocycles. The molecule has 2 aromatic heterocycles. The molecule has 0 fully saturated rings. The molecule has 3 rings (SSSR count).